The van der Waals surface area contributed by atoms with Crippen LogP contribution >= 0.6 is 0 Å². The molecule has 0 fully saturated rings. The molecule has 0 aliphatic heterocycles. The lowest BCUT2D eigenvalue weighted by Gasteiger charge is -1.96. The molecule has 74 valence electrons. The molecule has 0 amide bonds. The van der Waals surface area contributed by atoms with E-state index >= 15 is 0 Å². The average Bonchev–Trinajstić information content (AvgIpc) is 2.59. The molecule has 0 saturated heterocycles. The van der Waals surface area contributed by atoms with Gasteiger partial charge < -0.3 is 10.8 Å². The second-order valence-electron chi connectivity index (χ2n) is 3.25. The van der Waals surface area contributed by atoms with Gasteiger partial charge in [-0.2, -0.15) is 5.10 Å². The van der Waals surface area contributed by atoms with E-state index in [1.807, 2.05) is 23.0 Å². The first-order valence-corrected chi connectivity index (χ1v) is 4.66. The highest BCUT2D eigenvalue weighted by Crippen LogP contribution is 2.21. The van der Waals surface area contributed by atoms with Crippen molar-refractivity contribution >= 4 is 10.9 Å². The molecule has 0 radical (unpaired) electrons. The van der Waals surface area contributed by atoms with Crippen LogP contribution in [0.3, 0.4) is 0 Å². The minimum absolute atomic E-state index is 0.231. The van der Waals surface area contributed by atoms with E-state index in [0.29, 0.717) is 12.1 Å². The number of aromatic nitrogens is 2. The number of phenolic OH excluding ortho intramolecular Hbond substituents is 1. The molecule has 4 nitrogen and oxygen atoms in total. The molecule has 0 atom stereocenters. The third kappa shape index (κ3) is 1.56. The number of benzene rings is 1. The molecule has 3 N–H and O–H groups in total. The van der Waals surface area contributed by atoms with Crippen LogP contribution < -0.4 is 5.73 Å². The standard InChI is InChI=1S/C10H13N3O/c11-5-2-6-13-7-8-3-1-4-9(14)10(8)12-13/h1,3-4,7,14H,2,5-6,11H2. The number of aromatic hydroxyl groups is 1. The zero-order chi connectivity index (χ0) is 9.97. The van der Waals surface area contributed by atoms with E-state index in [1.165, 1.54) is 0 Å². The molecular formula is C10H13N3O. The van der Waals surface area contributed by atoms with Crippen LogP contribution in [0.4, 0.5) is 0 Å². The summed E-state index contributed by atoms with van der Waals surface area (Å²) >= 11 is 0. The molecule has 1 heterocycles. The van der Waals surface area contributed by atoms with Crippen molar-refractivity contribution in [1.29, 1.82) is 0 Å². The summed E-state index contributed by atoms with van der Waals surface area (Å²) in [5.41, 5.74) is 6.07. The van der Waals surface area contributed by atoms with Gasteiger partial charge >= 0.3 is 0 Å². The fourth-order valence-corrected chi connectivity index (χ4v) is 1.45. The number of rotatable bonds is 3. The van der Waals surface area contributed by atoms with Crippen LogP contribution in [0.15, 0.2) is 24.4 Å². The van der Waals surface area contributed by atoms with E-state index in [2.05, 4.69) is 5.10 Å². The summed E-state index contributed by atoms with van der Waals surface area (Å²) < 4.78 is 1.82. The maximum absolute atomic E-state index is 9.51. The second-order valence-corrected chi connectivity index (χ2v) is 3.25. The van der Waals surface area contributed by atoms with E-state index in [-0.39, 0.29) is 5.75 Å². The first-order valence-electron chi connectivity index (χ1n) is 4.66. The summed E-state index contributed by atoms with van der Waals surface area (Å²) in [4.78, 5) is 0. The molecule has 1 aromatic carbocycles. The first-order chi connectivity index (χ1) is 6.81. The van der Waals surface area contributed by atoms with E-state index in [1.54, 1.807) is 6.07 Å². The molecule has 0 unspecified atom stereocenters. The summed E-state index contributed by atoms with van der Waals surface area (Å²) in [7, 11) is 0. The topological polar surface area (TPSA) is 64.1 Å². The van der Waals surface area contributed by atoms with Crippen LogP contribution in [0, 0.1) is 0 Å². The third-order valence-corrected chi connectivity index (χ3v) is 2.15. The number of aryl methyl sites for hydroxylation is 1. The summed E-state index contributed by atoms with van der Waals surface area (Å²) in [6.45, 7) is 1.45. The van der Waals surface area contributed by atoms with E-state index in [9.17, 15) is 5.11 Å². The molecule has 0 spiro atoms. The van der Waals surface area contributed by atoms with Gasteiger partial charge in [-0.1, -0.05) is 12.1 Å². The van der Waals surface area contributed by atoms with Gasteiger partial charge in [0, 0.05) is 18.1 Å². The molecule has 2 rings (SSSR count). The van der Waals surface area contributed by atoms with Crippen molar-refractivity contribution < 1.29 is 5.11 Å². The van der Waals surface area contributed by atoms with Gasteiger partial charge in [0.25, 0.3) is 0 Å². The zero-order valence-corrected chi connectivity index (χ0v) is 7.85. The smallest absolute Gasteiger partial charge is 0.143 e. The predicted molar refractivity (Wildman–Crippen MR) is 55.1 cm³/mol. The Labute approximate surface area is 81.9 Å². The van der Waals surface area contributed by atoms with Crippen molar-refractivity contribution in [2.75, 3.05) is 6.54 Å². The van der Waals surface area contributed by atoms with Crippen molar-refractivity contribution in [3.8, 4) is 5.75 Å². The predicted octanol–water partition coefficient (Wildman–Crippen LogP) is 1.09. The van der Waals surface area contributed by atoms with Crippen molar-refractivity contribution in [3.05, 3.63) is 24.4 Å². The van der Waals surface area contributed by atoms with E-state index in [0.717, 1.165) is 18.4 Å². The SMILES string of the molecule is NCCCn1cc2cccc(O)c2n1. The van der Waals surface area contributed by atoms with Crippen LogP contribution in [0.5, 0.6) is 5.75 Å². The fraction of sp³-hybridized carbons (Fsp3) is 0.300. The van der Waals surface area contributed by atoms with Gasteiger partial charge in [0.2, 0.25) is 0 Å². The second kappa shape index (κ2) is 3.67. The van der Waals surface area contributed by atoms with Crippen molar-refractivity contribution in [3.63, 3.8) is 0 Å². The summed E-state index contributed by atoms with van der Waals surface area (Å²) in [5.74, 6) is 0.231. The molecule has 0 bridgehead atoms. The largest absolute Gasteiger partial charge is 0.506 e. The number of fused-ring (bicyclic) bond motifs is 1. The Balaban J connectivity index is 2.36. The zero-order valence-electron chi connectivity index (χ0n) is 7.85. The molecule has 4 heteroatoms. The van der Waals surface area contributed by atoms with Crippen LogP contribution in [0.2, 0.25) is 0 Å². The van der Waals surface area contributed by atoms with Crippen molar-refractivity contribution in [1.82, 2.24) is 9.78 Å². The van der Waals surface area contributed by atoms with Crippen LogP contribution in [-0.4, -0.2) is 21.4 Å². The number of phenols is 1. The van der Waals surface area contributed by atoms with E-state index < -0.39 is 0 Å². The lowest BCUT2D eigenvalue weighted by atomic mass is 10.2. The first kappa shape index (κ1) is 9.02. The van der Waals surface area contributed by atoms with Gasteiger partial charge in [0.1, 0.15) is 11.3 Å². The lowest BCUT2D eigenvalue weighted by Crippen LogP contribution is -2.05. The summed E-state index contributed by atoms with van der Waals surface area (Å²) in [5, 5.41) is 14.7. The van der Waals surface area contributed by atoms with Gasteiger partial charge in [-0.15, -0.1) is 0 Å². The van der Waals surface area contributed by atoms with Crippen LogP contribution in [0.25, 0.3) is 10.9 Å². The average molecular weight is 191 g/mol. The maximum atomic E-state index is 9.51. The summed E-state index contributed by atoms with van der Waals surface area (Å²) in [6, 6.07) is 5.39. The number of nitrogens with zero attached hydrogens (tertiary/aromatic N) is 2. The van der Waals surface area contributed by atoms with Crippen molar-refractivity contribution in [2.24, 2.45) is 5.73 Å². The van der Waals surface area contributed by atoms with E-state index in [4.69, 9.17) is 5.73 Å². The Bertz CT molecular complexity index is 436. The minimum Gasteiger partial charge on any atom is -0.506 e. The Morgan fingerprint density at radius 3 is 3.00 bits per heavy atom. The maximum Gasteiger partial charge on any atom is 0.143 e. The highest BCUT2D eigenvalue weighted by molar-refractivity contribution is 5.83. The van der Waals surface area contributed by atoms with Crippen molar-refractivity contribution in [2.45, 2.75) is 13.0 Å². The highest BCUT2D eigenvalue weighted by atomic mass is 16.3. The van der Waals surface area contributed by atoms with Gasteiger partial charge in [0.15, 0.2) is 0 Å². The molecule has 0 saturated carbocycles. The molecule has 0 aliphatic rings. The van der Waals surface area contributed by atoms with Gasteiger partial charge in [-0.3, -0.25) is 4.68 Å². The molecule has 1 aromatic heterocycles. The van der Waals surface area contributed by atoms with Crippen LogP contribution in [0.1, 0.15) is 6.42 Å². The number of hydrogen-bond acceptors (Lipinski definition) is 3. The Hall–Kier alpha value is -1.55. The lowest BCUT2D eigenvalue weighted by molar-refractivity contribution is 0.478. The molecule has 0 aliphatic carbocycles. The molecule has 2 aromatic rings. The fourth-order valence-electron chi connectivity index (χ4n) is 1.45. The number of hydrogen-bond donors (Lipinski definition) is 2. The van der Waals surface area contributed by atoms with Gasteiger partial charge in [0.05, 0.1) is 0 Å². The van der Waals surface area contributed by atoms with Gasteiger partial charge in [-0.25, -0.2) is 0 Å². The normalized spacial score (nSPS) is 10.9. The van der Waals surface area contributed by atoms with Gasteiger partial charge in [-0.05, 0) is 19.0 Å². The monoisotopic (exact) mass is 191 g/mol. The molecule has 14 heavy (non-hydrogen) atoms. The summed E-state index contributed by atoms with van der Waals surface area (Å²) in [6.07, 6.45) is 2.82. The Morgan fingerprint density at radius 1 is 1.43 bits per heavy atom. The molecular weight excluding hydrogens is 178 g/mol. The van der Waals surface area contributed by atoms with Crippen LogP contribution in [-0.2, 0) is 6.54 Å². The third-order valence-electron chi connectivity index (χ3n) is 2.15. The Morgan fingerprint density at radius 2 is 2.29 bits per heavy atom. The quantitative estimate of drug-likeness (QED) is 0.763. The highest BCUT2D eigenvalue weighted by Gasteiger charge is 2.03. The Kier molecular flexibility index (Phi) is 2.37. The number of nitrogens with two attached hydrogens (primary N) is 1. The minimum atomic E-state index is 0.231.